The van der Waals surface area contributed by atoms with Crippen molar-refractivity contribution in [1.29, 1.82) is 0 Å². The number of non-ortho nitro benzene ring substituents is 1. The fourth-order valence-electron chi connectivity index (χ4n) is 1.61. The van der Waals surface area contributed by atoms with Gasteiger partial charge in [0.05, 0.1) is 0 Å². The van der Waals surface area contributed by atoms with Crippen LogP contribution in [-0.4, -0.2) is 34.8 Å². The predicted molar refractivity (Wildman–Crippen MR) is 90.2 cm³/mol. The Morgan fingerprint density at radius 2 is 2.15 bits per heavy atom. The molecule has 0 aliphatic carbocycles. The number of hydrogen-bond acceptors (Lipinski definition) is 2. The maximum atomic E-state index is 10.8. The normalized spacial score (nSPS) is 12.2. The van der Waals surface area contributed by atoms with Gasteiger partial charge in [-0.3, -0.25) is 0 Å². The van der Waals surface area contributed by atoms with Crippen molar-refractivity contribution >= 4 is 56.0 Å². The Morgan fingerprint density at radius 3 is 2.75 bits per heavy atom. The van der Waals surface area contributed by atoms with E-state index >= 15 is 0 Å². The third-order valence-electron chi connectivity index (χ3n) is 2.65. The van der Waals surface area contributed by atoms with Crippen LogP contribution in [0.2, 0.25) is 5.82 Å². The summed E-state index contributed by atoms with van der Waals surface area (Å²) < 4.78 is 3.86. The number of nitro benzene ring substituents is 1. The molecule has 0 amide bonds. The van der Waals surface area contributed by atoms with Crippen molar-refractivity contribution in [2.75, 3.05) is 0 Å². The van der Waals surface area contributed by atoms with Crippen LogP contribution >= 0.6 is 15.9 Å². The number of halogens is 1. The molecule has 0 unspecified atom stereocenters. The van der Waals surface area contributed by atoms with E-state index in [-0.39, 0.29) is 25.6 Å². The van der Waals surface area contributed by atoms with E-state index in [1.165, 1.54) is 27.1 Å². The van der Waals surface area contributed by atoms with Crippen molar-refractivity contribution in [1.82, 2.24) is 0 Å². The monoisotopic (exact) mass is 471 g/mol. The number of nitrogens with zero attached hydrogens (tertiary/aromatic N) is 1. The Labute approximate surface area is 141 Å². The molecule has 0 aliphatic rings. The molecule has 6 heteroatoms. The zero-order valence-electron chi connectivity index (χ0n) is 11.6. The quantitative estimate of drug-likeness (QED) is 0.251. The second kappa shape index (κ2) is 9.75. The van der Waals surface area contributed by atoms with Gasteiger partial charge in [0.2, 0.25) is 0 Å². The summed E-state index contributed by atoms with van der Waals surface area (Å²) in [5, 5.41) is 10.8. The van der Waals surface area contributed by atoms with E-state index in [1.807, 2.05) is 6.07 Å². The second-order valence-corrected chi connectivity index (χ2v) is 10.5. The van der Waals surface area contributed by atoms with E-state index in [0.717, 1.165) is 10.9 Å². The number of allylic oxidation sites excluding steroid dienone is 1. The predicted octanol–water partition coefficient (Wildman–Crippen LogP) is 3.82. The van der Waals surface area contributed by atoms with Gasteiger partial charge >= 0.3 is 142 Å². The Hall–Kier alpha value is -0.121. The van der Waals surface area contributed by atoms with Gasteiger partial charge in [0.15, 0.2) is 0 Å². The molecule has 0 aliphatic heterocycles. The third-order valence-corrected chi connectivity index (χ3v) is 10.6. The van der Waals surface area contributed by atoms with Gasteiger partial charge in [0.1, 0.15) is 0 Å². The minimum atomic E-state index is -0.323. The average molecular weight is 470 g/mol. The molecule has 0 fully saturated rings. The standard InChI is InChI=1S/C14H18BrNO2Se2/c1-3-4-5-9-13(15)14(19-2)20-12-8-6-7-11(10-12)16(17)18/h6-8,10H,3-5,9H2,1-2H3/b14-13+. The average Bonchev–Trinajstić information content (AvgIpc) is 2.45. The minimum absolute atomic E-state index is 0.186. The number of hydrogen-bond donors (Lipinski definition) is 0. The van der Waals surface area contributed by atoms with Gasteiger partial charge in [-0.25, -0.2) is 0 Å². The summed E-state index contributed by atoms with van der Waals surface area (Å²) in [5.41, 5.74) is 0.189. The maximum absolute atomic E-state index is 10.8. The molecule has 0 aromatic heterocycles. The van der Waals surface area contributed by atoms with Crippen LogP contribution < -0.4 is 4.46 Å². The molecule has 0 bridgehead atoms. The summed E-state index contributed by atoms with van der Waals surface area (Å²) in [4.78, 5) is 10.5. The summed E-state index contributed by atoms with van der Waals surface area (Å²) in [6, 6.07) is 7.03. The third kappa shape index (κ3) is 6.11. The molecular weight excluding hydrogens is 452 g/mol. The molecule has 0 N–H and O–H groups in total. The number of unbranched alkanes of at least 4 members (excludes halogenated alkanes) is 2. The van der Waals surface area contributed by atoms with Crippen LogP contribution in [0.3, 0.4) is 0 Å². The van der Waals surface area contributed by atoms with E-state index < -0.39 is 0 Å². The van der Waals surface area contributed by atoms with Crippen LogP contribution in [0, 0.1) is 10.1 Å². The fraction of sp³-hybridized carbons (Fsp3) is 0.429. The van der Waals surface area contributed by atoms with Gasteiger partial charge in [-0.15, -0.1) is 0 Å². The first-order chi connectivity index (χ1) is 9.58. The summed E-state index contributed by atoms with van der Waals surface area (Å²) in [6.45, 7) is 2.20. The van der Waals surface area contributed by atoms with Crippen LogP contribution in [0.25, 0.3) is 0 Å². The Morgan fingerprint density at radius 1 is 1.40 bits per heavy atom. The Bertz CT molecular complexity index is 492. The number of rotatable bonds is 8. The number of nitro groups is 1. The molecule has 0 saturated carbocycles. The molecule has 1 aromatic rings. The van der Waals surface area contributed by atoms with Gasteiger partial charge in [-0.1, -0.05) is 0 Å². The Balaban J connectivity index is 2.79. The fourth-order valence-corrected chi connectivity index (χ4v) is 7.54. The molecule has 20 heavy (non-hydrogen) atoms. The molecule has 0 spiro atoms. The molecule has 110 valence electrons. The van der Waals surface area contributed by atoms with Gasteiger partial charge in [0.25, 0.3) is 0 Å². The van der Waals surface area contributed by atoms with Crippen LogP contribution in [-0.2, 0) is 0 Å². The van der Waals surface area contributed by atoms with Gasteiger partial charge in [0, 0.05) is 0 Å². The van der Waals surface area contributed by atoms with E-state index in [1.54, 1.807) is 18.2 Å². The zero-order chi connectivity index (χ0) is 15.0. The molecule has 0 saturated heterocycles. The Kier molecular flexibility index (Phi) is 8.74. The first kappa shape index (κ1) is 17.9. The van der Waals surface area contributed by atoms with Gasteiger partial charge < -0.3 is 0 Å². The van der Waals surface area contributed by atoms with Crippen molar-refractivity contribution in [2.24, 2.45) is 0 Å². The van der Waals surface area contributed by atoms with Gasteiger partial charge in [-0.2, -0.15) is 0 Å². The summed E-state index contributed by atoms with van der Waals surface area (Å²) in [7, 11) is 0. The van der Waals surface area contributed by atoms with Crippen LogP contribution in [0.15, 0.2) is 32.1 Å². The summed E-state index contributed by atoms with van der Waals surface area (Å²) >= 11 is 4.34. The SMILES string of the molecule is CCCCC/C(Br)=C(/[Se]C)[Se]c1cccc([N+](=O)[O-])c1. The second-order valence-electron chi connectivity index (χ2n) is 4.21. The molecule has 0 atom stereocenters. The first-order valence-corrected chi connectivity index (χ1v) is 11.5. The van der Waals surface area contributed by atoms with E-state index in [4.69, 9.17) is 0 Å². The molecule has 1 aromatic carbocycles. The number of benzene rings is 1. The molecule has 3 nitrogen and oxygen atoms in total. The molecular formula is C14H18BrNO2Se2. The summed E-state index contributed by atoms with van der Waals surface area (Å²) in [6.07, 6.45) is 4.78. The molecule has 0 radical (unpaired) electrons. The topological polar surface area (TPSA) is 43.1 Å². The van der Waals surface area contributed by atoms with Crippen molar-refractivity contribution in [3.05, 3.63) is 42.2 Å². The molecule has 1 rings (SSSR count). The van der Waals surface area contributed by atoms with E-state index in [0.29, 0.717) is 15.0 Å². The van der Waals surface area contributed by atoms with E-state index in [9.17, 15) is 10.1 Å². The zero-order valence-corrected chi connectivity index (χ0v) is 16.6. The van der Waals surface area contributed by atoms with Crippen molar-refractivity contribution in [2.45, 2.75) is 38.4 Å². The molecule has 0 heterocycles. The van der Waals surface area contributed by atoms with E-state index in [2.05, 4.69) is 28.7 Å². The summed E-state index contributed by atoms with van der Waals surface area (Å²) in [5.74, 6) is 2.21. The van der Waals surface area contributed by atoms with Gasteiger partial charge in [-0.05, 0) is 0 Å². The van der Waals surface area contributed by atoms with Crippen molar-refractivity contribution < 1.29 is 4.92 Å². The van der Waals surface area contributed by atoms with Crippen LogP contribution in [0.1, 0.15) is 32.6 Å². The van der Waals surface area contributed by atoms with Crippen molar-refractivity contribution in [3.63, 3.8) is 0 Å². The van der Waals surface area contributed by atoms with Crippen molar-refractivity contribution in [3.8, 4) is 0 Å². The first-order valence-electron chi connectivity index (χ1n) is 6.43. The van der Waals surface area contributed by atoms with Crippen LogP contribution in [0.4, 0.5) is 5.69 Å². The van der Waals surface area contributed by atoms with Crippen LogP contribution in [0.5, 0.6) is 0 Å².